The second-order valence-electron chi connectivity index (χ2n) is 8.48. The fraction of sp³-hybridized carbons (Fsp3) is 0.233. The molecular weight excluding hydrogens is 484 g/mol. The fourth-order valence-electron chi connectivity index (χ4n) is 4.34. The standard InChI is InChI=1S/C30H30N2O6/c1-4-17-38-24-12-9-22(18-25(24)37-6-3)27-26(28(33)21-7-10-23(11-8-21)36-5-2)29(34)30(35)32(27)19-20-13-15-31-16-14-20/h4,7-16,18,27,33H,1,5-6,17,19H2,2-3H3/b28-26+. The Balaban J connectivity index is 1.84. The van der Waals surface area contributed by atoms with Crippen molar-refractivity contribution in [2.24, 2.45) is 0 Å². The van der Waals surface area contributed by atoms with Gasteiger partial charge in [-0.2, -0.15) is 0 Å². The van der Waals surface area contributed by atoms with Crippen LogP contribution in [0.1, 0.15) is 36.6 Å². The Morgan fingerprint density at radius 3 is 2.34 bits per heavy atom. The van der Waals surface area contributed by atoms with Gasteiger partial charge in [0.05, 0.1) is 24.8 Å². The quantitative estimate of drug-likeness (QED) is 0.165. The molecule has 0 spiro atoms. The summed E-state index contributed by atoms with van der Waals surface area (Å²) in [6, 6.07) is 14.7. The van der Waals surface area contributed by atoms with E-state index in [4.69, 9.17) is 14.2 Å². The van der Waals surface area contributed by atoms with Gasteiger partial charge >= 0.3 is 0 Å². The number of rotatable bonds is 11. The molecule has 1 saturated heterocycles. The van der Waals surface area contributed by atoms with Crippen LogP contribution >= 0.6 is 0 Å². The maximum Gasteiger partial charge on any atom is 0.295 e. The third-order valence-corrected chi connectivity index (χ3v) is 6.02. The predicted octanol–water partition coefficient (Wildman–Crippen LogP) is 5.07. The van der Waals surface area contributed by atoms with Crippen molar-refractivity contribution >= 4 is 17.4 Å². The van der Waals surface area contributed by atoms with Crippen molar-refractivity contribution < 1.29 is 28.9 Å². The molecule has 1 atom stereocenters. The highest BCUT2D eigenvalue weighted by Crippen LogP contribution is 2.43. The summed E-state index contributed by atoms with van der Waals surface area (Å²) in [5.41, 5.74) is 1.79. The van der Waals surface area contributed by atoms with E-state index in [9.17, 15) is 14.7 Å². The van der Waals surface area contributed by atoms with Crippen molar-refractivity contribution in [3.05, 3.63) is 102 Å². The molecule has 1 aliphatic rings. The molecule has 1 unspecified atom stereocenters. The van der Waals surface area contributed by atoms with Gasteiger partial charge < -0.3 is 24.2 Å². The normalized spacial score (nSPS) is 16.4. The SMILES string of the molecule is C=CCOc1ccc(C2/C(=C(\O)c3ccc(OCC)cc3)C(=O)C(=O)N2Cc2ccncc2)cc1OCC. The molecule has 4 rings (SSSR count). The zero-order valence-corrected chi connectivity index (χ0v) is 21.4. The molecule has 2 heterocycles. The topological polar surface area (TPSA) is 98.2 Å². The largest absolute Gasteiger partial charge is 0.507 e. The Bertz CT molecular complexity index is 1330. The van der Waals surface area contributed by atoms with E-state index in [1.165, 1.54) is 4.90 Å². The number of benzene rings is 2. The summed E-state index contributed by atoms with van der Waals surface area (Å²) in [5.74, 6) is -0.131. The molecule has 38 heavy (non-hydrogen) atoms. The van der Waals surface area contributed by atoms with Crippen LogP contribution < -0.4 is 14.2 Å². The molecule has 1 amide bonds. The Morgan fingerprint density at radius 2 is 1.68 bits per heavy atom. The first-order valence-electron chi connectivity index (χ1n) is 12.4. The summed E-state index contributed by atoms with van der Waals surface area (Å²) in [6.45, 7) is 8.73. The average Bonchev–Trinajstić information content (AvgIpc) is 3.18. The first kappa shape index (κ1) is 26.5. The van der Waals surface area contributed by atoms with Gasteiger partial charge in [-0.1, -0.05) is 18.7 Å². The monoisotopic (exact) mass is 514 g/mol. The second-order valence-corrected chi connectivity index (χ2v) is 8.48. The molecule has 1 aliphatic heterocycles. The number of ketones is 1. The van der Waals surface area contributed by atoms with Gasteiger partial charge in [-0.05, 0) is 73.5 Å². The maximum atomic E-state index is 13.4. The van der Waals surface area contributed by atoms with Crippen LogP contribution in [0, 0.1) is 0 Å². The number of hydrogen-bond donors (Lipinski definition) is 1. The minimum Gasteiger partial charge on any atom is -0.507 e. The molecule has 1 fully saturated rings. The van der Waals surface area contributed by atoms with Crippen molar-refractivity contribution in [3.8, 4) is 17.2 Å². The van der Waals surface area contributed by atoms with Crippen LogP contribution in [-0.2, 0) is 16.1 Å². The molecule has 0 aliphatic carbocycles. The molecule has 3 aromatic rings. The third-order valence-electron chi connectivity index (χ3n) is 6.02. The molecule has 0 radical (unpaired) electrons. The summed E-state index contributed by atoms with van der Waals surface area (Å²) in [6.07, 6.45) is 4.88. The van der Waals surface area contributed by atoms with E-state index in [0.29, 0.717) is 41.6 Å². The van der Waals surface area contributed by atoms with Gasteiger partial charge in [0.1, 0.15) is 18.1 Å². The van der Waals surface area contributed by atoms with Crippen LogP contribution in [0.2, 0.25) is 0 Å². The van der Waals surface area contributed by atoms with Gasteiger partial charge in [-0.25, -0.2) is 0 Å². The number of aliphatic hydroxyl groups excluding tert-OH is 1. The van der Waals surface area contributed by atoms with Crippen LogP contribution in [0.3, 0.4) is 0 Å². The van der Waals surface area contributed by atoms with Crippen molar-refractivity contribution in [1.82, 2.24) is 9.88 Å². The first-order chi connectivity index (χ1) is 18.5. The van der Waals surface area contributed by atoms with Gasteiger partial charge in [-0.15, -0.1) is 0 Å². The zero-order valence-electron chi connectivity index (χ0n) is 21.4. The number of nitrogens with zero attached hydrogens (tertiary/aromatic N) is 2. The third kappa shape index (κ3) is 5.54. The number of amides is 1. The molecule has 8 heteroatoms. The number of carbonyl (C=O) groups is 2. The number of aliphatic hydroxyl groups is 1. The van der Waals surface area contributed by atoms with E-state index < -0.39 is 17.7 Å². The Labute approximate surface area is 221 Å². The van der Waals surface area contributed by atoms with E-state index in [2.05, 4.69) is 11.6 Å². The number of carbonyl (C=O) groups excluding carboxylic acids is 2. The predicted molar refractivity (Wildman–Crippen MR) is 143 cm³/mol. The van der Waals surface area contributed by atoms with Gasteiger partial charge in [0.15, 0.2) is 11.5 Å². The molecule has 8 nitrogen and oxygen atoms in total. The van der Waals surface area contributed by atoms with Crippen LogP contribution in [0.25, 0.3) is 5.76 Å². The van der Waals surface area contributed by atoms with E-state index in [1.54, 1.807) is 73.1 Å². The molecule has 196 valence electrons. The molecular formula is C30H30N2O6. The summed E-state index contributed by atoms with van der Waals surface area (Å²) in [7, 11) is 0. The number of aromatic nitrogens is 1. The van der Waals surface area contributed by atoms with Crippen LogP contribution in [0.5, 0.6) is 17.2 Å². The van der Waals surface area contributed by atoms with E-state index in [-0.39, 0.29) is 24.5 Å². The minimum atomic E-state index is -0.859. The van der Waals surface area contributed by atoms with Gasteiger partial charge in [0.25, 0.3) is 11.7 Å². The highest BCUT2D eigenvalue weighted by atomic mass is 16.5. The Kier molecular flexibility index (Phi) is 8.43. The van der Waals surface area contributed by atoms with Gasteiger partial charge in [-0.3, -0.25) is 14.6 Å². The number of ether oxygens (including phenoxy) is 3. The number of hydrogen-bond acceptors (Lipinski definition) is 7. The van der Waals surface area contributed by atoms with E-state index >= 15 is 0 Å². The maximum absolute atomic E-state index is 13.4. The van der Waals surface area contributed by atoms with Crippen molar-refractivity contribution in [3.63, 3.8) is 0 Å². The highest BCUT2D eigenvalue weighted by Gasteiger charge is 2.46. The van der Waals surface area contributed by atoms with Gasteiger partial charge in [0.2, 0.25) is 0 Å². The van der Waals surface area contributed by atoms with Crippen molar-refractivity contribution in [2.75, 3.05) is 19.8 Å². The second kappa shape index (κ2) is 12.1. The minimum absolute atomic E-state index is 0.00424. The van der Waals surface area contributed by atoms with Crippen molar-refractivity contribution in [1.29, 1.82) is 0 Å². The van der Waals surface area contributed by atoms with Crippen LogP contribution in [0.15, 0.2) is 85.2 Å². The smallest absolute Gasteiger partial charge is 0.295 e. The highest BCUT2D eigenvalue weighted by molar-refractivity contribution is 6.46. The van der Waals surface area contributed by atoms with E-state index in [0.717, 1.165) is 5.56 Å². The molecule has 1 aromatic heterocycles. The summed E-state index contributed by atoms with van der Waals surface area (Å²) in [4.78, 5) is 32.2. The zero-order chi connectivity index (χ0) is 27.1. The first-order valence-corrected chi connectivity index (χ1v) is 12.4. The Hall–Kier alpha value is -4.59. The van der Waals surface area contributed by atoms with Crippen molar-refractivity contribution in [2.45, 2.75) is 26.4 Å². The summed E-state index contributed by atoms with van der Waals surface area (Å²) < 4.78 is 17.0. The average molecular weight is 515 g/mol. The van der Waals surface area contributed by atoms with E-state index in [1.807, 2.05) is 13.8 Å². The Morgan fingerprint density at radius 1 is 0.974 bits per heavy atom. The number of pyridine rings is 1. The summed E-state index contributed by atoms with van der Waals surface area (Å²) >= 11 is 0. The molecule has 0 bridgehead atoms. The lowest BCUT2D eigenvalue weighted by molar-refractivity contribution is -0.140. The fourth-order valence-corrected chi connectivity index (χ4v) is 4.34. The lowest BCUT2D eigenvalue weighted by atomic mass is 9.94. The van der Waals surface area contributed by atoms with Crippen LogP contribution in [-0.4, -0.2) is 46.5 Å². The lowest BCUT2D eigenvalue weighted by Crippen LogP contribution is -2.29. The number of likely N-dealkylation sites (tertiary alicyclic amines) is 1. The van der Waals surface area contributed by atoms with Crippen LogP contribution in [0.4, 0.5) is 0 Å². The molecule has 1 N–H and O–H groups in total. The number of Topliss-reactive ketones (excluding diaryl/α,β-unsaturated/α-hetero) is 1. The molecule has 2 aromatic carbocycles. The lowest BCUT2D eigenvalue weighted by Gasteiger charge is -2.26. The summed E-state index contributed by atoms with van der Waals surface area (Å²) in [5, 5.41) is 11.4. The van der Waals surface area contributed by atoms with Gasteiger partial charge in [0, 0.05) is 24.5 Å². The molecule has 0 saturated carbocycles.